The van der Waals surface area contributed by atoms with Crippen molar-refractivity contribution in [3.63, 3.8) is 0 Å². The highest BCUT2D eigenvalue weighted by molar-refractivity contribution is 5.85. The average molecular weight is 263 g/mol. The zero-order valence-corrected chi connectivity index (χ0v) is 12.2. The van der Waals surface area contributed by atoms with E-state index in [1.165, 1.54) is 12.8 Å². The van der Waals surface area contributed by atoms with Gasteiger partial charge in [-0.15, -0.1) is 12.4 Å². The molecule has 0 radical (unpaired) electrons. The van der Waals surface area contributed by atoms with Gasteiger partial charge in [0.15, 0.2) is 0 Å². The van der Waals surface area contributed by atoms with E-state index < -0.39 is 0 Å². The standard InChI is InChI=1S/C13H26N2O.ClH/c1-4-6-11(2)9-13(16)15-8-5-7-12(15)10-14-3;/h11-12,14H,4-10H2,1-3H3;1H. The van der Waals surface area contributed by atoms with Crippen molar-refractivity contribution in [1.29, 1.82) is 0 Å². The molecule has 1 saturated heterocycles. The Hall–Kier alpha value is -0.280. The Morgan fingerprint density at radius 2 is 2.24 bits per heavy atom. The van der Waals surface area contributed by atoms with E-state index in [2.05, 4.69) is 24.1 Å². The predicted octanol–water partition coefficient (Wildman–Crippen LogP) is 2.44. The molecular weight excluding hydrogens is 236 g/mol. The molecule has 4 heteroatoms. The summed E-state index contributed by atoms with van der Waals surface area (Å²) in [6.45, 7) is 6.27. The molecule has 0 spiro atoms. The van der Waals surface area contributed by atoms with Crippen molar-refractivity contribution in [1.82, 2.24) is 10.2 Å². The van der Waals surface area contributed by atoms with Crippen molar-refractivity contribution < 1.29 is 4.79 Å². The van der Waals surface area contributed by atoms with Crippen molar-refractivity contribution >= 4 is 18.3 Å². The van der Waals surface area contributed by atoms with Gasteiger partial charge in [0.25, 0.3) is 0 Å². The Morgan fingerprint density at radius 3 is 2.82 bits per heavy atom. The molecule has 0 saturated carbocycles. The third kappa shape index (κ3) is 5.26. The van der Waals surface area contributed by atoms with E-state index in [9.17, 15) is 4.79 Å². The number of carbonyl (C=O) groups is 1. The van der Waals surface area contributed by atoms with E-state index >= 15 is 0 Å². The number of hydrogen-bond donors (Lipinski definition) is 1. The van der Waals surface area contributed by atoms with Crippen LogP contribution in [0.25, 0.3) is 0 Å². The van der Waals surface area contributed by atoms with Gasteiger partial charge in [-0.2, -0.15) is 0 Å². The lowest BCUT2D eigenvalue weighted by molar-refractivity contribution is -0.132. The molecule has 2 atom stereocenters. The van der Waals surface area contributed by atoms with E-state index in [4.69, 9.17) is 0 Å². The molecule has 1 N–H and O–H groups in total. The van der Waals surface area contributed by atoms with Gasteiger partial charge in [-0.3, -0.25) is 4.79 Å². The van der Waals surface area contributed by atoms with Crippen LogP contribution < -0.4 is 5.32 Å². The SMILES string of the molecule is CCCC(C)CC(=O)N1CCCC1CNC.Cl. The molecule has 1 amide bonds. The summed E-state index contributed by atoms with van der Waals surface area (Å²) in [6, 6.07) is 0.436. The van der Waals surface area contributed by atoms with Crippen molar-refractivity contribution in [2.75, 3.05) is 20.1 Å². The summed E-state index contributed by atoms with van der Waals surface area (Å²) in [4.78, 5) is 14.2. The second kappa shape index (κ2) is 8.76. The van der Waals surface area contributed by atoms with E-state index in [0.717, 1.165) is 32.4 Å². The highest BCUT2D eigenvalue weighted by atomic mass is 35.5. The lowest BCUT2D eigenvalue weighted by atomic mass is 10.0. The lowest BCUT2D eigenvalue weighted by Gasteiger charge is -2.25. The number of halogens is 1. The summed E-state index contributed by atoms with van der Waals surface area (Å²) in [5.74, 6) is 0.895. The Morgan fingerprint density at radius 1 is 1.53 bits per heavy atom. The molecule has 1 fully saturated rings. The fraction of sp³-hybridized carbons (Fsp3) is 0.923. The van der Waals surface area contributed by atoms with Crippen LogP contribution >= 0.6 is 12.4 Å². The molecule has 0 aromatic heterocycles. The largest absolute Gasteiger partial charge is 0.338 e. The van der Waals surface area contributed by atoms with Gasteiger partial charge in [0.1, 0.15) is 0 Å². The Balaban J connectivity index is 0.00000256. The third-order valence-corrected chi connectivity index (χ3v) is 3.44. The van der Waals surface area contributed by atoms with E-state index in [-0.39, 0.29) is 12.4 Å². The summed E-state index contributed by atoms with van der Waals surface area (Å²) < 4.78 is 0. The highest BCUT2D eigenvalue weighted by Crippen LogP contribution is 2.20. The van der Waals surface area contributed by atoms with Crippen LogP contribution in [0.4, 0.5) is 0 Å². The Kier molecular flexibility index (Phi) is 8.61. The molecular formula is C13H27ClN2O. The highest BCUT2D eigenvalue weighted by Gasteiger charge is 2.28. The molecule has 1 rings (SSSR count). The molecule has 0 aromatic rings. The zero-order valence-electron chi connectivity index (χ0n) is 11.4. The first kappa shape index (κ1) is 16.7. The summed E-state index contributed by atoms with van der Waals surface area (Å²) in [5, 5.41) is 3.18. The van der Waals surface area contributed by atoms with Crippen LogP contribution in [0.15, 0.2) is 0 Å². The minimum Gasteiger partial charge on any atom is -0.338 e. The monoisotopic (exact) mass is 262 g/mol. The number of nitrogens with zero attached hydrogens (tertiary/aromatic N) is 1. The van der Waals surface area contributed by atoms with Crippen molar-refractivity contribution in [2.45, 2.75) is 52.0 Å². The molecule has 0 aliphatic carbocycles. The van der Waals surface area contributed by atoms with Gasteiger partial charge in [0.05, 0.1) is 0 Å². The first-order valence-electron chi connectivity index (χ1n) is 6.63. The van der Waals surface area contributed by atoms with Crippen LogP contribution in [-0.4, -0.2) is 37.0 Å². The maximum absolute atomic E-state index is 12.1. The number of hydrogen-bond acceptors (Lipinski definition) is 2. The average Bonchev–Trinajstić information content (AvgIpc) is 2.66. The second-order valence-electron chi connectivity index (χ2n) is 5.04. The van der Waals surface area contributed by atoms with Crippen molar-refractivity contribution in [3.8, 4) is 0 Å². The molecule has 0 aromatic carbocycles. The quantitative estimate of drug-likeness (QED) is 0.798. The number of likely N-dealkylation sites (tertiary alicyclic amines) is 1. The van der Waals surface area contributed by atoms with Crippen LogP contribution in [0.2, 0.25) is 0 Å². The first-order chi connectivity index (χ1) is 7.69. The number of nitrogens with one attached hydrogen (secondary N) is 1. The van der Waals surface area contributed by atoms with E-state index in [1.807, 2.05) is 7.05 Å². The number of likely N-dealkylation sites (N-methyl/N-ethyl adjacent to an activating group) is 1. The van der Waals surface area contributed by atoms with Gasteiger partial charge in [-0.25, -0.2) is 0 Å². The molecule has 102 valence electrons. The number of carbonyl (C=O) groups excluding carboxylic acids is 1. The number of rotatable bonds is 6. The molecule has 2 unspecified atom stereocenters. The lowest BCUT2D eigenvalue weighted by Crippen LogP contribution is -2.41. The van der Waals surface area contributed by atoms with Crippen molar-refractivity contribution in [2.24, 2.45) is 5.92 Å². The molecule has 1 aliphatic heterocycles. The molecule has 1 heterocycles. The summed E-state index contributed by atoms with van der Waals surface area (Å²) in [6.07, 6.45) is 5.40. The van der Waals surface area contributed by atoms with E-state index in [1.54, 1.807) is 0 Å². The molecule has 17 heavy (non-hydrogen) atoms. The topological polar surface area (TPSA) is 32.3 Å². The third-order valence-electron chi connectivity index (χ3n) is 3.44. The molecule has 1 aliphatic rings. The van der Waals surface area contributed by atoms with Crippen molar-refractivity contribution in [3.05, 3.63) is 0 Å². The Labute approximate surface area is 112 Å². The molecule has 3 nitrogen and oxygen atoms in total. The maximum atomic E-state index is 12.1. The minimum atomic E-state index is 0. The molecule has 0 bridgehead atoms. The van der Waals surface area contributed by atoms with Gasteiger partial charge in [-0.05, 0) is 25.8 Å². The van der Waals surface area contributed by atoms with Gasteiger partial charge >= 0.3 is 0 Å². The minimum absolute atomic E-state index is 0. The fourth-order valence-electron chi connectivity index (χ4n) is 2.62. The van der Waals surface area contributed by atoms with Gasteiger partial charge in [0.2, 0.25) is 5.91 Å². The zero-order chi connectivity index (χ0) is 12.0. The fourth-order valence-corrected chi connectivity index (χ4v) is 2.62. The Bertz CT molecular complexity index is 223. The van der Waals surface area contributed by atoms with Gasteiger partial charge in [-0.1, -0.05) is 26.7 Å². The second-order valence-corrected chi connectivity index (χ2v) is 5.04. The number of amides is 1. The maximum Gasteiger partial charge on any atom is 0.223 e. The van der Waals surface area contributed by atoms with Gasteiger partial charge < -0.3 is 10.2 Å². The van der Waals surface area contributed by atoms with Crippen LogP contribution in [0.1, 0.15) is 46.0 Å². The summed E-state index contributed by atoms with van der Waals surface area (Å²) in [7, 11) is 1.96. The van der Waals surface area contributed by atoms with Crippen LogP contribution in [0.3, 0.4) is 0 Å². The van der Waals surface area contributed by atoms with E-state index in [0.29, 0.717) is 17.9 Å². The smallest absolute Gasteiger partial charge is 0.223 e. The van der Waals surface area contributed by atoms with Crippen LogP contribution in [-0.2, 0) is 4.79 Å². The van der Waals surface area contributed by atoms with Gasteiger partial charge in [0, 0.05) is 25.6 Å². The van der Waals surface area contributed by atoms with Crippen LogP contribution in [0.5, 0.6) is 0 Å². The summed E-state index contributed by atoms with van der Waals surface area (Å²) >= 11 is 0. The first-order valence-corrected chi connectivity index (χ1v) is 6.63. The normalized spacial score (nSPS) is 21.1. The predicted molar refractivity (Wildman–Crippen MR) is 74.6 cm³/mol. The summed E-state index contributed by atoms with van der Waals surface area (Å²) in [5.41, 5.74) is 0. The van der Waals surface area contributed by atoms with Crippen LogP contribution in [0, 0.1) is 5.92 Å².